The zero-order valence-corrected chi connectivity index (χ0v) is 16.6. The van der Waals surface area contributed by atoms with Crippen LogP contribution in [-0.2, 0) is 7.05 Å². The average Bonchev–Trinajstić information content (AvgIpc) is 3.37. The molecule has 0 saturated heterocycles. The molecule has 2 amide bonds. The van der Waals surface area contributed by atoms with Gasteiger partial charge in [0.2, 0.25) is 0 Å². The van der Waals surface area contributed by atoms with Crippen LogP contribution in [0.4, 0.5) is 0 Å². The van der Waals surface area contributed by atoms with Crippen LogP contribution >= 0.6 is 11.3 Å². The Morgan fingerprint density at radius 1 is 0.966 bits per heavy atom. The van der Waals surface area contributed by atoms with Gasteiger partial charge < -0.3 is 9.30 Å². The average molecular weight is 406 g/mol. The van der Waals surface area contributed by atoms with Gasteiger partial charge in [0.05, 0.1) is 27.9 Å². The van der Waals surface area contributed by atoms with Crippen molar-refractivity contribution in [3.05, 3.63) is 71.1 Å². The van der Waals surface area contributed by atoms with Crippen LogP contribution in [-0.4, -0.2) is 28.5 Å². The van der Waals surface area contributed by atoms with Crippen LogP contribution in [0, 0.1) is 0 Å². The Balaban J connectivity index is 1.45. The molecule has 4 rings (SSSR count). The molecule has 29 heavy (non-hydrogen) atoms. The van der Waals surface area contributed by atoms with Crippen LogP contribution in [0.5, 0.6) is 5.75 Å². The number of carbonyl (C=O) groups is 2. The van der Waals surface area contributed by atoms with Gasteiger partial charge in [-0.15, -0.1) is 11.3 Å². The predicted octanol–water partition coefficient (Wildman–Crippen LogP) is 3.39. The lowest BCUT2D eigenvalue weighted by Crippen LogP contribution is -2.41. The molecule has 0 atom stereocenters. The lowest BCUT2D eigenvalue weighted by molar-refractivity contribution is 0.0849. The van der Waals surface area contributed by atoms with Crippen molar-refractivity contribution in [2.45, 2.75) is 0 Å². The van der Waals surface area contributed by atoms with Gasteiger partial charge in [0.15, 0.2) is 5.82 Å². The lowest BCUT2D eigenvalue weighted by atomic mass is 10.2. The van der Waals surface area contributed by atoms with E-state index in [-0.39, 0.29) is 5.91 Å². The van der Waals surface area contributed by atoms with Gasteiger partial charge in [-0.2, -0.15) is 0 Å². The molecule has 4 aromatic rings. The second kappa shape index (κ2) is 7.76. The number of nitrogens with zero attached hydrogens (tertiary/aromatic N) is 2. The van der Waals surface area contributed by atoms with Crippen LogP contribution in [0.15, 0.2) is 60.7 Å². The number of thiophene rings is 1. The Morgan fingerprint density at radius 2 is 1.69 bits per heavy atom. The summed E-state index contributed by atoms with van der Waals surface area (Å²) in [6.45, 7) is 0. The van der Waals surface area contributed by atoms with E-state index in [4.69, 9.17) is 4.74 Å². The summed E-state index contributed by atoms with van der Waals surface area (Å²) >= 11 is 1.31. The van der Waals surface area contributed by atoms with Gasteiger partial charge >= 0.3 is 0 Å². The first-order valence-electron chi connectivity index (χ1n) is 8.83. The summed E-state index contributed by atoms with van der Waals surface area (Å²) in [6.07, 6.45) is 0. The van der Waals surface area contributed by atoms with Gasteiger partial charge in [-0.3, -0.25) is 20.4 Å². The van der Waals surface area contributed by atoms with E-state index >= 15 is 0 Å². The van der Waals surface area contributed by atoms with E-state index in [2.05, 4.69) is 15.8 Å². The Morgan fingerprint density at radius 3 is 2.41 bits per heavy atom. The van der Waals surface area contributed by atoms with E-state index in [0.717, 1.165) is 21.7 Å². The van der Waals surface area contributed by atoms with Crippen molar-refractivity contribution in [2.75, 3.05) is 7.11 Å². The van der Waals surface area contributed by atoms with Crippen molar-refractivity contribution in [1.29, 1.82) is 0 Å². The monoisotopic (exact) mass is 406 g/mol. The highest BCUT2D eigenvalue weighted by Gasteiger charge is 2.15. The largest absolute Gasteiger partial charge is 0.497 e. The maximum Gasteiger partial charge on any atom is 0.279 e. The molecule has 7 nitrogen and oxygen atoms in total. The molecule has 2 aromatic heterocycles. The fourth-order valence-corrected chi connectivity index (χ4v) is 3.86. The molecule has 0 aliphatic carbocycles. The smallest absolute Gasteiger partial charge is 0.279 e. The van der Waals surface area contributed by atoms with E-state index < -0.39 is 5.91 Å². The molecule has 0 radical (unpaired) electrons. The first kappa shape index (κ1) is 18.7. The number of rotatable bonds is 4. The first-order chi connectivity index (χ1) is 14.1. The molecule has 0 aliphatic rings. The summed E-state index contributed by atoms with van der Waals surface area (Å²) in [7, 11) is 3.50. The third-order valence-corrected chi connectivity index (χ3v) is 5.56. The summed E-state index contributed by atoms with van der Waals surface area (Å²) in [5, 5.41) is 0. The Kier molecular flexibility index (Phi) is 5.01. The zero-order valence-electron chi connectivity index (χ0n) is 15.8. The minimum absolute atomic E-state index is 0.387. The van der Waals surface area contributed by atoms with Gasteiger partial charge in [-0.1, -0.05) is 12.1 Å². The second-order valence-corrected chi connectivity index (χ2v) is 7.37. The first-order valence-corrected chi connectivity index (χ1v) is 9.65. The molecule has 8 heteroatoms. The van der Waals surface area contributed by atoms with E-state index in [0.29, 0.717) is 16.2 Å². The number of para-hydroxylation sites is 2. The van der Waals surface area contributed by atoms with Crippen molar-refractivity contribution < 1.29 is 14.3 Å². The normalized spacial score (nSPS) is 10.7. The lowest BCUT2D eigenvalue weighted by Gasteiger charge is -2.07. The van der Waals surface area contributed by atoms with Gasteiger partial charge in [0.25, 0.3) is 11.8 Å². The van der Waals surface area contributed by atoms with Crippen LogP contribution in [0.2, 0.25) is 0 Å². The van der Waals surface area contributed by atoms with E-state index in [1.165, 1.54) is 11.3 Å². The minimum atomic E-state index is -0.409. The Labute approximate surface area is 170 Å². The highest BCUT2D eigenvalue weighted by molar-refractivity contribution is 7.17. The Hall–Kier alpha value is -3.65. The number of methoxy groups -OCH3 is 1. The van der Waals surface area contributed by atoms with Crippen molar-refractivity contribution >= 4 is 34.2 Å². The number of benzene rings is 2. The van der Waals surface area contributed by atoms with Gasteiger partial charge in [-0.25, -0.2) is 4.98 Å². The summed E-state index contributed by atoms with van der Waals surface area (Å²) < 4.78 is 7.06. The van der Waals surface area contributed by atoms with E-state index in [9.17, 15) is 9.59 Å². The molecule has 0 fully saturated rings. The molecule has 2 N–H and O–H groups in total. The molecule has 2 aromatic carbocycles. The number of hydrogen-bond donors (Lipinski definition) is 2. The molecular formula is C21H18N4O3S. The molecule has 0 aliphatic heterocycles. The number of amides is 2. The maximum absolute atomic E-state index is 12.4. The van der Waals surface area contributed by atoms with E-state index in [1.807, 2.05) is 41.9 Å². The number of hydrogen-bond acceptors (Lipinski definition) is 5. The summed E-state index contributed by atoms with van der Waals surface area (Å²) in [6, 6.07) is 18.0. The van der Waals surface area contributed by atoms with Crippen molar-refractivity contribution in [3.63, 3.8) is 0 Å². The van der Waals surface area contributed by atoms with Gasteiger partial charge in [0.1, 0.15) is 5.75 Å². The fraction of sp³-hybridized carbons (Fsp3) is 0.0952. The summed E-state index contributed by atoms with van der Waals surface area (Å²) in [4.78, 5) is 30.6. The van der Waals surface area contributed by atoms with Crippen molar-refractivity contribution in [1.82, 2.24) is 20.4 Å². The highest BCUT2D eigenvalue weighted by atomic mass is 32.1. The quantitative estimate of drug-likeness (QED) is 0.509. The van der Waals surface area contributed by atoms with Crippen LogP contribution in [0.1, 0.15) is 20.0 Å². The number of ether oxygens (including phenoxy) is 1. The number of nitrogens with one attached hydrogen (secondary N) is 2. The number of carbonyl (C=O) groups excluding carboxylic acids is 2. The van der Waals surface area contributed by atoms with Gasteiger partial charge in [-0.05, 0) is 48.5 Å². The third kappa shape index (κ3) is 3.70. The molecule has 0 saturated carbocycles. The number of fused-ring (bicyclic) bond motifs is 1. The predicted molar refractivity (Wildman–Crippen MR) is 112 cm³/mol. The Bertz CT molecular complexity index is 1190. The molecule has 2 heterocycles. The van der Waals surface area contributed by atoms with Crippen LogP contribution < -0.4 is 15.6 Å². The van der Waals surface area contributed by atoms with Gasteiger partial charge in [0, 0.05) is 12.6 Å². The van der Waals surface area contributed by atoms with Crippen molar-refractivity contribution in [3.8, 4) is 16.5 Å². The standard InChI is InChI=1S/C21H18N4O3S/c1-25-16-6-4-3-5-15(16)22-19(25)17-11-12-18(29-17)21(27)24-23-20(26)13-7-9-14(28-2)10-8-13/h3-12H,1-2H3,(H,23,26)(H,24,27). The number of aromatic nitrogens is 2. The zero-order chi connectivity index (χ0) is 20.4. The maximum atomic E-state index is 12.4. The fourth-order valence-electron chi connectivity index (χ4n) is 2.94. The topological polar surface area (TPSA) is 85.2 Å². The third-order valence-electron chi connectivity index (χ3n) is 4.48. The number of imidazole rings is 1. The minimum Gasteiger partial charge on any atom is -0.497 e. The van der Waals surface area contributed by atoms with Crippen LogP contribution in [0.25, 0.3) is 21.7 Å². The number of aryl methyl sites for hydroxylation is 1. The SMILES string of the molecule is COc1ccc(C(=O)NNC(=O)c2ccc(-c3nc4ccccc4n3C)s2)cc1. The number of hydrazine groups is 1. The summed E-state index contributed by atoms with van der Waals surface area (Å²) in [5.74, 6) is 0.645. The molecule has 0 bridgehead atoms. The molecule has 146 valence electrons. The second-order valence-electron chi connectivity index (χ2n) is 6.28. The van der Waals surface area contributed by atoms with Crippen LogP contribution in [0.3, 0.4) is 0 Å². The molecular weight excluding hydrogens is 388 g/mol. The molecule has 0 unspecified atom stereocenters. The molecule has 0 spiro atoms. The highest BCUT2D eigenvalue weighted by Crippen LogP contribution is 2.29. The summed E-state index contributed by atoms with van der Waals surface area (Å²) in [5.41, 5.74) is 7.20. The van der Waals surface area contributed by atoms with E-state index in [1.54, 1.807) is 37.4 Å². The van der Waals surface area contributed by atoms with Crippen molar-refractivity contribution in [2.24, 2.45) is 7.05 Å².